The van der Waals surface area contributed by atoms with Crippen molar-refractivity contribution in [1.29, 1.82) is 0 Å². The molecule has 0 amide bonds. The summed E-state index contributed by atoms with van der Waals surface area (Å²) in [4.78, 5) is 2.34. The molecule has 1 saturated heterocycles. The van der Waals surface area contributed by atoms with E-state index in [4.69, 9.17) is 0 Å². The van der Waals surface area contributed by atoms with Gasteiger partial charge in [-0.3, -0.25) is 4.90 Å². The van der Waals surface area contributed by atoms with Crippen LogP contribution >= 0.6 is 0 Å². The van der Waals surface area contributed by atoms with Crippen molar-refractivity contribution < 1.29 is 8.42 Å². The van der Waals surface area contributed by atoms with Crippen molar-refractivity contribution in [3.63, 3.8) is 0 Å². The third-order valence-electron chi connectivity index (χ3n) is 3.44. The Kier molecular flexibility index (Phi) is 4.60. The molecule has 17 heavy (non-hydrogen) atoms. The van der Waals surface area contributed by atoms with Gasteiger partial charge in [0.05, 0.1) is 5.75 Å². The fourth-order valence-corrected chi connectivity index (χ4v) is 3.65. The van der Waals surface area contributed by atoms with Crippen molar-refractivity contribution >= 4 is 9.84 Å². The number of hydrogen-bond donors (Lipinski definition) is 1. The van der Waals surface area contributed by atoms with Crippen LogP contribution in [0.25, 0.3) is 0 Å². The lowest BCUT2D eigenvalue weighted by atomic mass is 9.96. The van der Waals surface area contributed by atoms with E-state index < -0.39 is 9.84 Å². The van der Waals surface area contributed by atoms with Gasteiger partial charge >= 0.3 is 0 Å². The smallest absolute Gasteiger partial charge is 0.148 e. The molecule has 102 valence electrons. The lowest BCUT2D eigenvalue weighted by molar-refractivity contribution is 0.0661. The van der Waals surface area contributed by atoms with Gasteiger partial charge in [0.1, 0.15) is 9.84 Å². The third-order valence-corrected chi connectivity index (χ3v) is 4.53. The summed E-state index contributed by atoms with van der Waals surface area (Å²) in [7, 11) is -2.90. The van der Waals surface area contributed by atoms with Crippen LogP contribution in [-0.4, -0.2) is 56.0 Å². The first-order chi connectivity index (χ1) is 7.64. The van der Waals surface area contributed by atoms with Crippen molar-refractivity contribution in [2.45, 2.75) is 51.7 Å². The molecule has 1 rings (SSSR count). The molecule has 4 nitrogen and oxygen atoms in total. The number of rotatable bonds is 4. The van der Waals surface area contributed by atoms with Crippen LogP contribution in [0.2, 0.25) is 0 Å². The van der Waals surface area contributed by atoms with Crippen LogP contribution in [0.5, 0.6) is 0 Å². The Morgan fingerprint density at radius 3 is 2.53 bits per heavy atom. The van der Waals surface area contributed by atoms with E-state index in [0.29, 0.717) is 6.04 Å². The molecule has 1 aliphatic heterocycles. The molecule has 0 aromatic carbocycles. The minimum atomic E-state index is -2.90. The Hall–Kier alpha value is -0.130. The SMILES string of the molecule is CCC1CNC(C)(C)CN1C(C)CS(C)(=O)=O. The highest BCUT2D eigenvalue weighted by molar-refractivity contribution is 7.90. The summed E-state index contributed by atoms with van der Waals surface area (Å²) in [6, 6.07) is 0.538. The van der Waals surface area contributed by atoms with Crippen molar-refractivity contribution in [2.24, 2.45) is 0 Å². The zero-order valence-electron chi connectivity index (χ0n) is 11.7. The van der Waals surface area contributed by atoms with Crippen LogP contribution in [0.3, 0.4) is 0 Å². The molecule has 0 saturated carbocycles. The zero-order valence-corrected chi connectivity index (χ0v) is 12.5. The Morgan fingerprint density at radius 2 is 2.06 bits per heavy atom. The van der Waals surface area contributed by atoms with E-state index in [1.807, 2.05) is 6.92 Å². The van der Waals surface area contributed by atoms with Gasteiger partial charge in [-0.05, 0) is 27.2 Å². The van der Waals surface area contributed by atoms with Crippen molar-refractivity contribution in [3.05, 3.63) is 0 Å². The summed E-state index contributed by atoms with van der Waals surface area (Å²) in [5.74, 6) is 0.250. The van der Waals surface area contributed by atoms with Gasteiger partial charge in [-0.15, -0.1) is 0 Å². The molecule has 0 aromatic heterocycles. The Balaban J connectivity index is 2.76. The molecule has 0 bridgehead atoms. The Morgan fingerprint density at radius 1 is 1.47 bits per heavy atom. The standard InChI is InChI=1S/C12H26N2O2S/c1-6-11-7-13-12(3,4)9-14(11)10(2)8-17(5,15)16/h10-11,13H,6-9H2,1-5H3. The van der Waals surface area contributed by atoms with Crippen molar-refractivity contribution in [1.82, 2.24) is 10.2 Å². The van der Waals surface area contributed by atoms with E-state index in [1.165, 1.54) is 6.26 Å². The summed E-state index contributed by atoms with van der Waals surface area (Å²) < 4.78 is 22.8. The second-order valence-corrected chi connectivity index (χ2v) is 8.13. The summed E-state index contributed by atoms with van der Waals surface area (Å²) in [5, 5.41) is 3.52. The molecule has 2 unspecified atom stereocenters. The average molecular weight is 262 g/mol. The first-order valence-corrected chi connectivity index (χ1v) is 8.39. The van der Waals surface area contributed by atoms with E-state index in [0.717, 1.165) is 19.5 Å². The van der Waals surface area contributed by atoms with Crippen molar-refractivity contribution in [3.8, 4) is 0 Å². The monoisotopic (exact) mass is 262 g/mol. The van der Waals surface area contributed by atoms with Gasteiger partial charge < -0.3 is 5.32 Å². The molecule has 5 heteroatoms. The maximum atomic E-state index is 11.4. The maximum absolute atomic E-state index is 11.4. The normalized spacial score (nSPS) is 27.9. The van der Waals surface area contributed by atoms with E-state index >= 15 is 0 Å². The van der Waals surface area contributed by atoms with Gasteiger partial charge in [-0.25, -0.2) is 8.42 Å². The minimum absolute atomic E-state index is 0.0669. The molecule has 1 aliphatic rings. The van der Waals surface area contributed by atoms with E-state index in [-0.39, 0.29) is 17.3 Å². The summed E-state index contributed by atoms with van der Waals surface area (Å²) in [6.07, 6.45) is 2.37. The lowest BCUT2D eigenvalue weighted by Crippen LogP contribution is -2.64. The quantitative estimate of drug-likeness (QED) is 0.817. The molecule has 0 spiro atoms. The fraction of sp³-hybridized carbons (Fsp3) is 1.00. The number of nitrogens with one attached hydrogen (secondary N) is 1. The number of piperazine rings is 1. The average Bonchev–Trinajstić information content (AvgIpc) is 2.13. The highest BCUT2D eigenvalue weighted by Crippen LogP contribution is 2.20. The Labute approximate surface area is 106 Å². The second-order valence-electron chi connectivity index (χ2n) is 5.94. The number of nitrogens with zero attached hydrogens (tertiary/aromatic N) is 1. The van der Waals surface area contributed by atoms with Gasteiger partial charge in [0.2, 0.25) is 0 Å². The highest BCUT2D eigenvalue weighted by Gasteiger charge is 2.34. The summed E-state index contributed by atoms with van der Waals surface area (Å²) in [6.45, 7) is 10.4. The van der Waals surface area contributed by atoms with Crippen molar-refractivity contribution in [2.75, 3.05) is 25.1 Å². The molecule has 1 N–H and O–H groups in total. The molecule has 0 aromatic rings. The second kappa shape index (κ2) is 5.24. The van der Waals surface area contributed by atoms with Gasteiger partial charge in [0, 0.05) is 37.0 Å². The molecule has 0 aliphatic carbocycles. The van der Waals surface area contributed by atoms with E-state index in [2.05, 4.69) is 31.0 Å². The molecule has 2 atom stereocenters. The zero-order chi connectivity index (χ0) is 13.3. The topological polar surface area (TPSA) is 49.4 Å². The predicted molar refractivity (Wildman–Crippen MR) is 72.0 cm³/mol. The van der Waals surface area contributed by atoms with Gasteiger partial charge in [-0.2, -0.15) is 0 Å². The predicted octanol–water partition coefficient (Wildman–Crippen LogP) is 0.882. The van der Waals surface area contributed by atoms with Crippen LogP contribution in [0, 0.1) is 0 Å². The molecule has 1 heterocycles. The van der Waals surface area contributed by atoms with Crippen LogP contribution in [0.4, 0.5) is 0 Å². The largest absolute Gasteiger partial charge is 0.309 e. The Bertz CT molecular complexity index is 352. The molecular formula is C12H26N2O2S. The van der Waals surface area contributed by atoms with Gasteiger partial charge in [-0.1, -0.05) is 6.92 Å². The first-order valence-electron chi connectivity index (χ1n) is 6.33. The third kappa shape index (κ3) is 4.56. The minimum Gasteiger partial charge on any atom is -0.309 e. The molecule has 1 fully saturated rings. The first kappa shape index (κ1) is 14.9. The van der Waals surface area contributed by atoms with Crippen LogP contribution in [0.15, 0.2) is 0 Å². The number of hydrogen-bond acceptors (Lipinski definition) is 4. The summed E-state index contributed by atoms with van der Waals surface area (Å²) in [5.41, 5.74) is 0.0669. The lowest BCUT2D eigenvalue weighted by Gasteiger charge is -2.47. The van der Waals surface area contributed by atoms with Crippen LogP contribution in [-0.2, 0) is 9.84 Å². The van der Waals surface area contributed by atoms with Gasteiger partial charge in [0.15, 0.2) is 0 Å². The fourth-order valence-electron chi connectivity index (χ4n) is 2.58. The van der Waals surface area contributed by atoms with E-state index in [1.54, 1.807) is 0 Å². The molecular weight excluding hydrogens is 236 g/mol. The number of sulfone groups is 1. The van der Waals surface area contributed by atoms with Gasteiger partial charge in [0.25, 0.3) is 0 Å². The highest BCUT2D eigenvalue weighted by atomic mass is 32.2. The van der Waals surface area contributed by atoms with E-state index in [9.17, 15) is 8.42 Å². The van der Waals surface area contributed by atoms with Crippen LogP contribution in [0.1, 0.15) is 34.1 Å². The van der Waals surface area contributed by atoms with Crippen LogP contribution < -0.4 is 5.32 Å². The molecule has 0 radical (unpaired) electrons. The summed E-state index contributed by atoms with van der Waals surface area (Å²) >= 11 is 0. The maximum Gasteiger partial charge on any atom is 0.148 e.